The van der Waals surface area contributed by atoms with Crippen molar-refractivity contribution in [3.05, 3.63) is 59.9 Å². The predicted octanol–water partition coefficient (Wildman–Crippen LogP) is 2.86. The number of aromatic nitrogens is 1. The molecule has 1 heterocycles. The zero-order chi connectivity index (χ0) is 20.3. The number of fused-ring (bicyclic) bond motifs is 1. The molecule has 0 fully saturated rings. The lowest BCUT2D eigenvalue weighted by atomic mass is 10.1. The molecule has 26 heavy (non-hydrogen) atoms. The minimum Gasteiger partial charge on any atom is -0.505 e. The van der Waals surface area contributed by atoms with Gasteiger partial charge >= 0.3 is 5.97 Å². The van der Waals surface area contributed by atoms with Crippen LogP contribution in [-0.4, -0.2) is 33.6 Å². The third-order valence-corrected chi connectivity index (χ3v) is 3.57. The van der Waals surface area contributed by atoms with Crippen LogP contribution in [0.4, 0.5) is 0 Å². The van der Waals surface area contributed by atoms with E-state index >= 15 is 0 Å². The number of benzene rings is 2. The Bertz CT molecular complexity index is 1040. The SMILES string of the molecule is [2H]C([2H])c1nc(C(=O)NCC(=O)O)c(O)c2ccc(Oc3ccccc3)cc12. The van der Waals surface area contributed by atoms with Gasteiger partial charge in [0.25, 0.3) is 5.91 Å². The monoisotopic (exact) mass is 354 g/mol. The molecule has 132 valence electrons. The number of hydrogen-bond acceptors (Lipinski definition) is 5. The second kappa shape index (κ2) is 7.10. The average Bonchev–Trinajstić information content (AvgIpc) is 2.67. The van der Waals surface area contributed by atoms with Crippen LogP contribution >= 0.6 is 0 Å². The summed E-state index contributed by atoms with van der Waals surface area (Å²) < 4.78 is 21.2. The Morgan fingerprint density at radius 2 is 1.92 bits per heavy atom. The topological polar surface area (TPSA) is 109 Å². The lowest BCUT2D eigenvalue weighted by molar-refractivity contribution is -0.135. The number of ether oxygens (including phenoxy) is 1. The number of aryl methyl sites for hydroxylation is 1. The molecule has 2 aromatic carbocycles. The molecular formula is C19H16N2O5. The Kier molecular flexibility index (Phi) is 4.02. The summed E-state index contributed by atoms with van der Waals surface area (Å²) in [5.74, 6) is -1.64. The van der Waals surface area contributed by atoms with Crippen LogP contribution in [0, 0.1) is 6.88 Å². The number of aliphatic carboxylic acids is 1. The van der Waals surface area contributed by atoms with E-state index < -0.39 is 36.7 Å². The van der Waals surface area contributed by atoms with E-state index in [1.807, 2.05) is 6.07 Å². The molecule has 7 nitrogen and oxygen atoms in total. The molecule has 7 heteroatoms. The zero-order valence-electron chi connectivity index (χ0n) is 15.5. The Morgan fingerprint density at radius 3 is 2.62 bits per heavy atom. The van der Waals surface area contributed by atoms with E-state index in [4.69, 9.17) is 12.6 Å². The average molecular weight is 354 g/mol. The number of carboxylic acid groups (broad SMARTS) is 1. The summed E-state index contributed by atoms with van der Waals surface area (Å²) in [6.07, 6.45) is 0. The van der Waals surface area contributed by atoms with Crippen molar-refractivity contribution in [1.82, 2.24) is 10.3 Å². The van der Waals surface area contributed by atoms with Gasteiger partial charge in [-0.25, -0.2) is 4.98 Å². The molecule has 0 saturated carbocycles. The predicted molar refractivity (Wildman–Crippen MR) is 94.6 cm³/mol. The van der Waals surface area contributed by atoms with Gasteiger partial charge in [-0.05, 0) is 37.2 Å². The molecule has 0 spiro atoms. The van der Waals surface area contributed by atoms with E-state index in [1.54, 1.807) is 30.3 Å². The van der Waals surface area contributed by atoms with Gasteiger partial charge in [0, 0.05) is 19.2 Å². The van der Waals surface area contributed by atoms with Gasteiger partial charge < -0.3 is 20.3 Å². The third kappa shape index (κ3) is 3.56. The van der Waals surface area contributed by atoms with Crippen molar-refractivity contribution in [3.8, 4) is 17.2 Å². The number of hydrogen-bond donors (Lipinski definition) is 3. The summed E-state index contributed by atoms with van der Waals surface area (Å²) in [4.78, 5) is 26.7. The molecule has 0 radical (unpaired) electrons. The van der Waals surface area contributed by atoms with Crippen molar-refractivity contribution in [2.75, 3.05) is 6.54 Å². The number of rotatable bonds is 5. The molecule has 0 aliphatic rings. The van der Waals surface area contributed by atoms with E-state index in [9.17, 15) is 14.7 Å². The van der Waals surface area contributed by atoms with Crippen LogP contribution in [0.2, 0.25) is 0 Å². The van der Waals surface area contributed by atoms with Gasteiger partial charge in [-0.1, -0.05) is 18.2 Å². The number of pyridine rings is 1. The van der Waals surface area contributed by atoms with E-state index in [0.717, 1.165) is 0 Å². The highest BCUT2D eigenvalue weighted by molar-refractivity contribution is 6.03. The Balaban J connectivity index is 2.06. The summed E-state index contributed by atoms with van der Waals surface area (Å²) in [5, 5.41) is 21.7. The summed E-state index contributed by atoms with van der Waals surface area (Å²) in [5.41, 5.74) is -0.503. The zero-order valence-corrected chi connectivity index (χ0v) is 13.5. The number of amides is 1. The normalized spacial score (nSPS) is 11.7. The fraction of sp³-hybridized carbons (Fsp3) is 0.105. The van der Waals surface area contributed by atoms with E-state index in [-0.39, 0.29) is 16.5 Å². The number of carbonyl (C=O) groups excluding carboxylic acids is 1. The number of nitrogens with zero attached hydrogens (tertiary/aromatic N) is 1. The van der Waals surface area contributed by atoms with Crippen molar-refractivity contribution in [3.63, 3.8) is 0 Å². The number of aromatic hydroxyl groups is 1. The smallest absolute Gasteiger partial charge is 0.322 e. The van der Waals surface area contributed by atoms with Crippen LogP contribution in [-0.2, 0) is 4.79 Å². The van der Waals surface area contributed by atoms with E-state index in [2.05, 4.69) is 10.3 Å². The third-order valence-electron chi connectivity index (χ3n) is 3.57. The molecule has 0 aliphatic heterocycles. The molecule has 3 aromatic rings. The van der Waals surface area contributed by atoms with E-state index in [0.29, 0.717) is 11.5 Å². The van der Waals surface area contributed by atoms with Crippen molar-refractivity contribution in [2.24, 2.45) is 0 Å². The standard InChI is InChI=1S/C19H16N2O5/c1-11-15-9-13(26-12-5-3-2-4-6-12)7-8-14(15)18(24)17(21-11)19(25)20-10-16(22)23/h2-9,24H,10H2,1H3,(H,20,25)(H,22,23)/i1D2. The molecule has 0 bridgehead atoms. The number of para-hydroxylation sites is 1. The van der Waals surface area contributed by atoms with Gasteiger partial charge in [0.05, 0.1) is 0 Å². The van der Waals surface area contributed by atoms with E-state index in [1.165, 1.54) is 12.1 Å². The van der Waals surface area contributed by atoms with Crippen LogP contribution in [0.1, 0.15) is 18.9 Å². The Labute approximate surface area is 151 Å². The molecule has 0 atom stereocenters. The molecule has 3 rings (SSSR count). The van der Waals surface area contributed by atoms with Crippen molar-refractivity contribution in [2.45, 2.75) is 6.88 Å². The highest BCUT2D eigenvalue weighted by atomic mass is 16.5. The van der Waals surface area contributed by atoms with Gasteiger partial charge in [-0.3, -0.25) is 9.59 Å². The first kappa shape index (κ1) is 14.7. The second-order valence-corrected chi connectivity index (χ2v) is 5.39. The summed E-state index contributed by atoms with van der Waals surface area (Å²) in [6, 6.07) is 13.6. The molecule has 0 saturated heterocycles. The number of nitrogens with one attached hydrogen (secondary N) is 1. The quantitative estimate of drug-likeness (QED) is 0.650. The van der Waals surface area contributed by atoms with Gasteiger partial charge in [0.2, 0.25) is 0 Å². The fourth-order valence-corrected chi connectivity index (χ4v) is 2.39. The highest BCUT2D eigenvalue weighted by Gasteiger charge is 2.18. The lowest BCUT2D eigenvalue weighted by Gasteiger charge is -2.12. The Morgan fingerprint density at radius 1 is 1.15 bits per heavy atom. The summed E-state index contributed by atoms with van der Waals surface area (Å²) in [7, 11) is 0. The number of carbonyl (C=O) groups is 2. The first-order valence-electron chi connectivity index (χ1n) is 8.76. The largest absolute Gasteiger partial charge is 0.505 e. The summed E-state index contributed by atoms with van der Waals surface area (Å²) in [6.45, 7) is -2.19. The molecule has 1 amide bonds. The maximum atomic E-state index is 12.2. The molecular weight excluding hydrogens is 336 g/mol. The van der Waals surface area contributed by atoms with Gasteiger partial charge in [-0.15, -0.1) is 0 Å². The fourth-order valence-electron chi connectivity index (χ4n) is 2.39. The van der Waals surface area contributed by atoms with Gasteiger partial charge in [-0.2, -0.15) is 0 Å². The minimum absolute atomic E-state index is 0.0632. The number of carboxylic acids is 1. The van der Waals surface area contributed by atoms with Crippen molar-refractivity contribution < 1.29 is 27.3 Å². The van der Waals surface area contributed by atoms with Crippen LogP contribution < -0.4 is 10.1 Å². The maximum Gasteiger partial charge on any atom is 0.322 e. The van der Waals surface area contributed by atoms with Gasteiger partial charge in [0.1, 0.15) is 18.0 Å². The molecule has 0 unspecified atom stereocenters. The lowest BCUT2D eigenvalue weighted by Crippen LogP contribution is -2.30. The highest BCUT2D eigenvalue weighted by Crippen LogP contribution is 2.33. The van der Waals surface area contributed by atoms with Crippen LogP contribution in [0.3, 0.4) is 0 Å². The molecule has 1 aromatic heterocycles. The van der Waals surface area contributed by atoms with Crippen molar-refractivity contribution >= 4 is 22.6 Å². The summed E-state index contributed by atoms with van der Waals surface area (Å²) >= 11 is 0. The second-order valence-electron chi connectivity index (χ2n) is 5.39. The Hall–Kier alpha value is -3.61. The van der Waals surface area contributed by atoms with Crippen LogP contribution in [0.25, 0.3) is 10.8 Å². The minimum atomic E-state index is -1.54. The molecule has 3 N–H and O–H groups in total. The van der Waals surface area contributed by atoms with Gasteiger partial charge in [0.15, 0.2) is 11.4 Å². The maximum absolute atomic E-state index is 12.2. The first-order chi connectivity index (χ1) is 13.4. The molecule has 0 aliphatic carbocycles. The van der Waals surface area contributed by atoms with Crippen LogP contribution in [0.5, 0.6) is 17.2 Å². The van der Waals surface area contributed by atoms with Crippen LogP contribution in [0.15, 0.2) is 48.5 Å². The van der Waals surface area contributed by atoms with Crippen molar-refractivity contribution in [1.29, 1.82) is 0 Å². The first-order valence-corrected chi connectivity index (χ1v) is 7.61.